The average molecular weight is 332 g/mol. The molecule has 2 rings (SSSR count). The van der Waals surface area contributed by atoms with E-state index in [0.29, 0.717) is 5.11 Å². The lowest BCUT2D eigenvalue weighted by Crippen LogP contribution is -2.48. The van der Waals surface area contributed by atoms with Crippen molar-refractivity contribution in [3.63, 3.8) is 0 Å². The van der Waals surface area contributed by atoms with E-state index < -0.39 is 0 Å². The first-order valence-electron chi connectivity index (χ1n) is 7.57. The van der Waals surface area contributed by atoms with E-state index in [9.17, 15) is 0 Å². The summed E-state index contributed by atoms with van der Waals surface area (Å²) in [4.78, 5) is 0. The number of thiocarbonyl (C=S) groups is 1. The summed E-state index contributed by atoms with van der Waals surface area (Å²) in [6, 6.07) is 9.76. The van der Waals surface area contributed by atoms with E-state index in [1.165, 1.54) is 0 Å². The Hall–Kier alpha value is -2.08. The Kier molecular flexibility index (Phi) is 5.60. The van der Waals surface area contributed by atoms with Crippen LogP contribution >= 0.6 is 12.2 Å². The Morgan fingerprint density at radius 2 is 2.13 bits per heavy atom. The van der Waals surface area contributed by atoms with Crippen molar-refractivity contribution >= 4 is 23.0 Å². The van der Waals surface area contributed by atoms with Gasteiger partial charge in [-0.3, -0.25) is 4.68 Å². The Balaban J connectivity index is 2.02. The summed E-state index contributed by atoms with van der Waals surface area (Å²) >= 11 is 5.46. The molecular weight excluding hydrogens is 308 g/mol. The van der Waals surface area contributed by atoms with Gasteiger partial charge in [0.25, 0.3) is 0 Å². The largest absolute Gasteiger partial charge is 0.497 e. The lowest BCUT2D eigenvalue weighted by atomic mass is 9.87. The summed E-state index contributed by atoms with van der Waals surface area (Å²) in [5.41, 5.74) is 0.931. The number of methoxy groups -OCH3 is 1. The SMILES string of the molecule is COc1cccc(NC(=S)NC(Cn2cccn2)C(C)(C)C)c1. The zero-order chi connectivity index (χ0) is 16.9. The molecule has 1 aromatic carbocycles. The standard InChI is InChI=1S/C17H24N4OS/c1-17(2,3)15(12-21-10-6-9-18-21)20-16(23)19-13-7-5-8-14(11-13)22-4/h5-11,15H,12H2,1-4H3,(H2,19,20,23). The van der Waals surface area contributed by atoms with Crippen molar-refractivity contribution in [2.75, 3.05) is 12.4 Å². The van der Waals surface area contributed by atoms with Crippen LogP contribution in [-0.4, -0.2) is 28.0 Å². The minimum atomic E-state index is 0.0338. The Morgan fingerprint density at radius 3 is 2.74 bits per heavy atom. The van der Waals surface area contributed by atoms with Gasteiger partial charge < -0.3 is 15.4 Å². The maximum atomic E-state index is 5.46. The van der Waals surface area contributed by atoms with Crippen molar-refractivity contribution < 1.29 is 4.74 Å². The van der Waals surface area contributed by atoms with Crippen LogP contribution in [0.15, 0.2) is 42.7 Å². The molecule has 23 heavy (non-hydrogen) atoms. The Labute approximate surface area is 143 Å². The van der Waals surface area contributed by atoms with Crippen molar-refractivity contribution in [3.05, 3.63) is 42.7 Å². The Morgan fingerprint density at radius 1 is 1.35 bits per heavy atom. The average Bonchev–Trinajstić information content (AvgIpc) is 2.99. The number of nitrogens with zero attached hydrogens (tertiary/aromatic N) is 2. The molecule has 0 aliphatic rings. The van der Waals surface area contributed by atoms with Gasteiger partial charge in [-0.25, -0.2) is 0 Å². The normalized spacial score (nSPS) is 12.5. The Bertz CT molecular complexity index is 634. The van der Waals surface area contributed by atoms with Crippen molar-refractivity contribution in [3.8, 4) is 5.75 Å². The number of nitrogens with one attached hydrogen (secondary N) is 2. The molecule has 1 atom stereocenters. The van der Waals surface area contributed by atoms with Gasteiger partial charge in [0.2, 0.25) is 0 Å². The highest BCUT2D eigenvalue weighted by atomic mass is 32.1. The lowest BCUT2D eigenvalue weighted by molar-refractivity contribution is 0.262. The first-order chi connectivity index (χ1) is 10.9. The van der Waals surface area contributed by atoms with Gasteiger partial charge in [0.1, 0.15) is 5.75 Å². The van der Waals surface area contributed by atoms with Gasteiger partial charge in [-0.2, -0.15) is 5.10 Å². The van der Waals surface area contributed by atoms with Crippen LogP contribution in [-0.2, 0) is 6.54 Å². The van der Waals surface area contributed by atoms with Crippen LogP contribution in [0, 0.1) is 5.41 Å². The molecule has 5 nitrogen and oxygen atoms in total. The quantitative estimate of drug-likeness (QED) is 0.823. The van der Waals surface area contributed by atoms with E-state index in [1.54, 1.807) is 13.3 Å². The van der Waals surface area contributed by atoms with Gasteiger partial charge in [-0.05, 0) is 35.8 Å². The number of hydrogen-bond donors (Lipinski definition) is 2. The highest BCUT2D eigenvalue weighted by Gasteiger charge is 2.26. The van der Waals surface area contributed by atoms with Gasteiger partial charge in [-0.15, -0.1) is 0 Å². The third kappa shape index (κ3) is 5.25. The van der Waals surface area contributed by atoms with Gasteiger partial charge in [0.15, 0.2) is 5.11 Å². The molecule has 1 aromatic heterocycles. The molecule has 0 fully saturated rings. The fourth-order valence-corrected chi connectivity index (χ4v) is 2.42. The molecule has 1 heterocycles. The predicted octanol–water partition coefficient (Wildman–Crippen LogP) is 3.29. The van der Waals surface area contributed by atoms with Gasteiger partial charge in [0, 0.05) is 24.1 Å². The van der Waals surface area contributed by atoms with E-state index in [-0.39, 0.29) is 11.5 Å². The minimum Gasteiger partial charge on any atom is -0.497 e. The van der Waals surface area contributed by atoms with E-state index in [0.717, 1.165) is 18.0 Å². The fraction of sp³-hybridized carbons (Fsp3) is 0.412. The van der Waals surface area contributed by atoms with E-state index in [4.69, 9.17) is 17.0 Å². The van der Waals surface area contributed by atoms with Crippen molar-refractivity contribution in [2.45, 2.75) is 33.4 Å². The highest BCUT2D eigenvalue weighted by molar-refractivity contribution is 7.80. The number of benzene rings is 1. The van der Waals surface area contributed by atoms with Gasteiger partial charge in [0.05, 0.1) is 19.7 Å². The molecule has 0 spiro atoms. The monoisotopic (exact) mass is 332 g/mol. The summed E-state index contributed by atoms with van der Waals surface area (Å²) in [6.45, 7) is 7.30. The molecule has 1 unspecified atom stereocenters. The topological polar surface area (TPSA) is 51.1 Å². The summed E-state index contributed by atoms with van der Waals surface area (Å²) in [6.07, 6.45) is 3.74. The second-order valence-electron chi connectivity index (χ2n) is 6.48. The van der Waals surface area contributed by atoms with Crippen LogP contribution in [0.4, 0.5) is 5.69 Å². The molecular formula is C17H24N4OS. The maximum absolute atomic E-state index is 5.46. The number of anilines is 1. The summed E-state index contributed by atoms with van der Waals surface area (Å²) in [7, 11) is 1.65. The number of aromatic nitrogens is 2. The molecule has 0 radical (unpaired) electrons. The highest BCUT2D eigenvalue weighted by Crippen LogP contribution is 2.21. The summed E-state index contributed by atoms with van der Waals surface area (Å²) in [5, 5.41) is 11.5. The molecule has 0 saturated carbocycles. The molecule has 0 saturated heterocycles. The first kappa shape index (κ1) is 17.3. The van der Waals surface area contributed by atoms with Crippen LogP contribution in [0.2, 0.25) is 0 Å². The number of ether oxygens (including phenoxy) is 1. The van der Waals surface area contributed by atoms with Crippen LogP contribution in [0.5, 0.6) is 5.75 Å². The van der Waals surface area contributed by atoms with Gasteiger partial charge in [-0.1, -0.05) is 26.8 Å². The summed E-state index contributed by atoms with van der Waals surface area (Å²) in [5.74, 6) is 0.793. The number of rotatable bonds is 5. The van der Waals surface area contributed by atoms with Gasteiger partial charge >= 0.3 is 0 Å². The molecule has 0 amide bonds. The first-order valence-corrected chi connectivity index (χ1v) is 7.98. The third-order valence-electron chi connectivity index (χ3n) is 3.61. The fourth-order valence-electron chi connectivity index (χ4n) is 2.16. The van der Waals surface area contributed by atoms with Crippen molar-refractivity contribution in [1.29, 1.82) is 0 Å². The minimum absolute atomic E-state index is 0.0338. The zero-order valence-corrected chi connectivity index (χ0v) is 14.9. The van der Waals surface area contributed by atoms with E-state index >= 15 is 0 Å². The predicted molar refractivity (Wildman–Crippen MR) is 97.8 cm³/mol. The second-order valence-corrected chi connectivity index (χ2v) is 6.89. The van der Waals surface area contributed by atoms with E-state index in [2.05, 4.69) is 36.5 Å². The second kappa shape index (κ2) is 7.46. The number of hydrogen-bond acceptors (Lipinski definition) is 3. The van der Waals surface area contributed by atoms with Crippen LogP contribution in [0.3, 0.4) is 0 Å². The van der Waals surface area contributed by atoms with Crippen molar-refractivity contribution in [2.24, 2.45) is 5.41 Å². The molecule has 0 aliphatic heterocycles. The third-order valence-corrected chi connectivity index (χ3v) is 3.83. The molecule has 0 aliphatic carbocycles. The smallest absolute Gasteiger partial charge is 0.171 e. The molecule has 0 bridgehead atoms. The molecule has 2 aromatic rings. The van der Waals surface area contributed by atoms with Crippen LogP contribution in [0.1, 0.15) is 20.8 Å². The maximum Gasteiger partial charge on any atom is 0.171 e. The molecule has 124 valence electrons. The summed E-state index contributed by atoms with van der Waals surface area (Å²) < 4.78 is 7.14. The van der Waals surface area contributed by atoms with Crippen molar-refractivity contribution in [1.82, 2.24) is 15.1 Å². The molecule has 2 N–H and O–H groups in total. The van der Waals surface area contributed by atoms with Crippen LogP contribution < -0.4 is 15.4 Å². The lowest BCUT2D eigenvalue weighted by Gasteiger charge is -2.32. The van der Waals surface area contributed by atoms with Crippen LogP contribution in [0.25, 0.3) is 0 Å². The van der Waals surface area contributed by atoms with E-state index in [1.807, 2.05) is 41.2 Å². The molecule has 6 heteroatoms. The zero-order valence-electron chi connectivity index (χ0n) is 14.0.